The predicted molar refractivity (Wildman–Crippen MR) is 73.3 cm³/mol. The minimum absolute atomic E-state index is 0.0758. The first-order valence-corrected chi connectivity index (χ1v) is 6.24. The average Bonchev–Trinajstić information content (AvgIpc) is 2.42. The molecule has 0 fully saturated rings. The van der Waals surface area contributed by atoms with E-state index in [-0.39, 0.29) is 17.9 Å². The van der Waals surface area contributed by atoms with Crippen molar-refractivity contribution in [3.8, 4) is 0 Å². The van der Waals surface area contributed by atoms with E-state index in [4.69, 9.17) is 5.73 Å². The van der Waals surface area contributed by atoms with Gasteiger partial charge in [-0.3, -0.25) is 4.79 Å². The molecule has 1 amide bonds. The van der Waals surface area contributed by atoms with E-state index in [0.717, 1.165) is 5.92 Å². The van der Waals surface area contributed by atoms with Gasteiger partial charge in [0.05, 0.1) is 5.57 Å². The SMILES string of the molecule is CC(C)C.CC1C=C(N)C(C(=O)NC(C)C)=C1. The molecule has 1 aliphatic carbocycles. The van der Waals surface area contributed by atoms with Crippen LogP contribution in [0.3, 0.4) is 0 Å². The van der Waals surface area contributed by atoms with Gasteiger partial charge < -0.3 is 11.1 Å². The van der Waals surface area contributed by atoms with Gasteiger partial charge in [0.1, 0.15) is 0 Å². The summed E-state index contributed by atoms with van der Waals surface area (Å²) >= 11 is 0. The van der Waals surface area contributed by atoms with E-state index >= 15 is 0 Å². The van der Waals surface area contributed by atoms with Gasteiger partial charge in [-0.05, 0) is 25.7 Å². The molecule has 0 aromatic heterocycles. The van der Waals surface area contributed by atoms with Gasteiger partial charge in [-0.2, -0.15) is 0 Å². The van der Waals surface area contributed by atoms with Crippen LogP contribution in [0.5, 0.6) is 0 Å². The van der Waals surface area contributed by atoms with E-state index in [0.29, 0.717) is 11.3 Å². The van der Waals surface area contributed by atoms with Crippen molar-refractivity contribution in [3.05, 3.63) is 23.4 Å². The molecular weight excluding hydrogens is 212 g/mol. The van der Waals surface area contributed by atoms with Crippen molar-refractivity contribution >= 4 is 5.91 Å². The van der Waals surface area contributed by atoms with Crippen molar-refractivity contribution in [3.63, 3.8) is 0 Å². The van der Waals surface area contributed by atoms with E-state index in [9.17, 15) is 4.79 Å². The van der Waals surface area contributed by atoms with E-state index < -0.39 is 0 Å². The first-order valence-electron chi connectivity index (χ1n) is 6.24. The molecule has 0 aliphatic heterocycles. The molecule has 1 unspecified atom stereocenters. The van der Waals surface area contributed by atoms with Gasteiger partial charge in [0.2, 0.25) is 0 Å². The molecule has 0 saturated carbocycles. The zero-order valence-corrected chi connectivity index (χ0v) is 11.9. The molecule has 1 rings (SSSR count). The summed E-state index contributed by atoms with van der Waals surface area (Å²) in [4.78, 5) is 11.5. The predicted octanol–water partition coefficient (Wildman–Crippen LogP) is 2.59. The summed E-state index contributed by atoms with van der Waals surface area (Å²) in [6.45, 7) is 12.4. The number of hydrogen-bond donors (Lipinski definition) is 2. The quantitative estimate of drug-likeness (QED) is 0.777. The molecule has 0 heterocycles. The largest absolute Gasteiger partial charge is 0.398 e. The highest BCUT2D eigenvalue weighted by Gasteiger charge is 2.18. The summed E-state index contributed by atoms with van der Waals surface area (Å²) in [5.41, 5.74) is 6.88. The zero-order valence-electron chi connectivity index (χ0n) is 11.9. The fourth-order valence-electron chi connectivity index (χ4n) is 1.33. The summed E-state index contributed by atoms with van der Waals surface area (Å²) in [7, 11) is 0. The normalized spacial score (nSPS) is 18.5. The fraction of sp³-hybridized carbons (Fsp3) is 0.643. The van der Waals surface area contributed by atoms with Crippen LogP contribution < -0.4 is 11.1 Å². The minimum Gasteiger partial charge on any atom is -0.398 e. The van der Waals surface area contributed by atoms with Gasteiger partial charge in [-0.25, -0.2) is 0 Å². The van der Waals surface area contributed by atoms with E-state index in [1.54, 1.807) is 0 Å². The Kier molecular flexibility index (Phi) is 6.62. The number of nitrogens with one attached hydrogen (secondary N) is 1. The van der Waals surface area contributed by atoms with Crippen molar-refractivity contribution in [2.75, 3.05) is 0 Å². The Morgan fingerprint density at radius 1 is 1.24 bits per heavy atom. The Bertz CT molecular complexity index is 311. The van der Waals surface area contributed by atoms with Gasteiger partial charge >= 0.3 is 0 Å². The molecule has 0 aromatic carbocycles. The van der Waals surface area contributed by atoms with Crippen LogP contribution in [0, 0.1) is 11.8 Å². The maximum absolute atomic E-state index is 11.5. The highest BCUT2D eigenvalue weighted by molar-refractivity contribution is 5.98. The number of rotatable bonds is 2. The molecule has 1 aliphatic rings. The van der Waals surface area contributed by atoms with E-state index in [1.165, 1.54) is 0 Å². The zero-order chi connectivity index (χ0) is 13.6. The van der Waals surface area contributed by atoms with E-state index in [2.05, 4.69) is 26.1 Å². The molecular formula is C14H26N2O. The number of carbonyl (C=O) groups is 1. The van der Waals surface area contributed by atoms with E-state index in [1.807, 2.05) is 32.9 Å². The molecule has 3 N–H and O–H groups in total. The smallest absolute Gasteiger partial charge is 0.253 e. The lowest BCUT2D eigenvalue weighted by molar-refractivity contribution is -0.117. The highest BCUT2D eigenvalue weighted by Crippen LogP contribution is 2.19. The number of hydrogen-bond acceptors (Lipinski definition) is 2. The number of amides is 1. The summed E-state index contributed by atoms with van der Waals surface area (Å²) < 4.78 is 0. The fourth-order valence-corrected chi connectivity index (χ4v) is 1.33. The first-order chi connectivity index (χ1) is 7.73. The Labute approximate surface area is 105 Å². The third kappa shape index (κ3) is 6.82. The number of nitrogens with two attached hydrogens (primary N) is 1. The summed E-state index contributed by atoms with van der Waals surface area (Å²) in [5.74, 6) is 1.03. The second-order valence-corrected chi connectivity index (χ2v) is 5.42. The third-order valence-corrected chi connectivity index (χ3v) is 1.85. The molecule has 17 heavy (non-hydrogen) atoms. The Balaban J connectivity index is 0.000000557. The molecule has 0 aromatic rings. The topological polar surface area (TPSA) is 55.1 Å². The molecule has 98 valence electrons. The van der Waals surface area contributed by atoms with Gasteiger partial charge in [0.15, 0.2) is 0 Å². The third-order valence-electron chi connectivity index (χ3n) is 1.85. The van der Waals surface area contributed by atoms with Crippen molar-refractivity contribution in [2.45, 2.75) is 47.6 Å². The lowest BCUT2D eigenvalue weighted by Crippen LogP contribution is -2.32. The maximum atomic E-state index is 11.5. The Hall–Kier alpha value is -1.25. The van der Waals surface area contributed by atoms with Gasteiger partial charge in [-0.15, -0.1) is 0 Å². The molecule has 0 radical (unpaired) electrons. The molecule has 1 atom stereocenters. The first kappa shape index (κ1) is 15.8. The number of carbonyl (C=O) groups excluding carboxylic acids is 1. The lowest BCUT2D eigenvalue weighted by atomic mass is 10.2. The van der Waals surface area contributed by atoms with Crippen molar-refractivity contribution in [1.29, 1.82) is 0 Å². The van der Waals surface area contributed by atoms with Crippen LogP contribution in [0.2, 0.25) is 0 Å². The van der Waals surface area contributed by atoms with Crippen LogP contribution in [0.1, 0.15) is 41.5 Å². The van der Waals surface area contributed by atoms with Crippen LogP contribution in [-0.2, 0) is 4.79 Å². The van der Waals surface area contributed by atoms with Gasteiger partial charge in [-0.1, -0.05) is 39.8 Å². The molecule has 3 nitrogen and oxygen atoms in total. The Morgan fingerprint density at radius 2 is 1.71 bits per heavy atom. The average molecular weight is 238 g/mol. The van der Waals surface area contributed by atoms with Crippen LogP contribution in [-0.4, -0.2) is 11.9 Å². The molecule has 3 heteroatoms. The second kappa shape index (κ2) is 7.15. The standard InChI is InChI=1S/C10H16N2O.C4H10/c1-6(2)12-10(13)8-4-7(3)5-9(8)11;1-4(2)3/h4-7H,11H2,1-3H3,(H,12,13);4H,1-3H3. The lowest BCUT2D eigenvalue weighted by Gasteiger charge is -2.09. The van der Waals surface area contributed by atoms with Crippen LogP contribution >= 0.6 is 0 Å². The molecule has 0 saturated heterocycles. The van der Waals surface area contributed by atoms with Crippen molar-refractivity contribution < 1.29 is 4.79 Å². The van der Waals surface area contributed by atoms with Gasteiger partial charge in [0.25, 0.3) is 5.91 Å². The molecule has 0 bridgehead atoms. The van der Waals surface area contributed by atoms with Gasteiger partial charge in [0, 0.05) is 11.7 Å². The molecule has 0 spiro atoms. The number of allylic oxidation sites excluding steroid dienone is 2. The second-order valence-electron chi connectivity index (χ2n) is 5.42. The van der Waals surface area contributed by atoms with Crippen LogP contribution in [0.4, 0.5) is 0 Å². The summed E-state index contributed by atoms with van der Waals surface area (Å²) in [6.07, 6.45) is 3.77. The summed E-state index contributed by atoms with van der Waals surface area (Å²) in [5, 5.41) is 2.81. The van der Waals surface area contributed by atoms with Crippen molar-refractivity contribution in [1.82, 2.24) is 5.32 Å². The minimum atomic E-state index is -0.0758. The van der Waals surface area contributed by atoms with Crippen LogP contribution in [0.15, 0.2) is 23.4 Å². The monoisotopic (exact) mass is 238 g/mol. The maximum Gasteiger partial charge on any atom is 0.253 e. The van der Waals surface area contributed by atoms with Crippen molar-refractivity contribution in [2.24, 2.45) is 17.6 Å². The van der Waals surface area contributed by atoms with Crippen LogP contribution in [0.25, 0.3) is 0 Å². The highest BCUT2D eigenvalue weighted by atomic mass is 16.1. The summed E-state index contributed by atoms with van der Waals surface area (Å²) in [6, 6.07) is 0.150. The Morgan fingerprint density at radius 3 is 2.00 bits per heavy atom.